The lowest BCUT2D eigenvalue weighted by Crippen LogP contribution is -2.32. The van der Waals surface area contributed by atoms with Crippen molar-refractivity contribution in [3.63, 3.8) is 0 Å². The van der Waals surface area contributed by atoms with Crippen molar-refractivity contribution in [1.82, 2.24) is 0 Å². The molecule has 0 radical (unpaired) electrons. The van der Waals surface area contributed by atoms with Crippen LogP contribution in [0.15, 0.2) is 18.2 Å². The van der Waals surface area contributed by atoms with Crippen LogP contribution in [0.1, 0.15) is 37.3 Å². The summed E-state index contributed by atoms with van der Waals surface area (Å²) in [6.07, 6.45) is 5.66. The van der Waals surface area contributed by atoms with Gasteiger partial charge in [-0.1, -0.05) is 0 Å². The molecule has 124 valence electrons. The Hall–Kier alpha value is -1.68. The molecule has 0 aromatic heterocycles. The minimum atomic E-state index is 0.257. The topological polar surface area (TPSA) is 52.7 Å². The van der Waals surface area contributed by atoms with Crippen molar-refractivity contribution in [3.8, 4) is 0 Å². The second-order valence-corrected chi connectivity index (χ2v) is 7.43. The molecule has 1 saturated heterocycles. The summed E-state index contributed by atoms with van der Waals surface area (Å²) in [5.41, 5.74) is 11.0. The molecule has 1 saturated carbocycles. The van der Waals surface area contributed by atoms with Crippen LogP contribution < -0.4 is 15.5 Å². The second-order valence-electron chi connectivity index (χ2n) is 7.43. The minimum absolute atomic E-state index is 0.257. The zero-order valence-corrected chi connectivity index (χ0v) is 14.1. The summed E-state index contributed by atoms with van der Waals surface area (Å²) in [5.74, 6) is 1.01. The number of fused-ring (bicyclic) bond motifs is 1. The van der Waals surface area contributed by atoms with E-state index in [1.54, 1.807) is 0 Å². The van der Waals surface area contributed by atoms with Crippen LogP contribution in [-0.4, -0.2) is 36.8 Å². The van der Waals surface area contributed by atoms with Gasteiger partial charge in [0.2, 0.25) is 0 Å². The molecule has 2 fully saturated rings. The van der Waals surface area contributed by atoms with Crippen LogP contribution in [0.4, 0.5) is 11.4 Å². The second kappa shape index (κ2) is 5.45. The molecule has 2 heterocycles. The quantitative estimate of drug-likeness (QED) is 0.900. The van der Waals surface area contributed by atoms with Crippen LogP contribution in [0.3, 0.4) is 0 Å². The van der Waals surface area contributed by atoms with E-state index in [1.807, 2.05) is 6.08 Å². The van der Waals surface area contributed by atoms with E-state index in [9.17, 15) is 5.11 Å². The van der Waals surface area contributed by atoms with E-state index in [0.717, 1.165) is 25.2 Å². The summed E-state index contributed by atoms with van der Waals surface area (Å²) in [7, 11) is 0. The van der Waals surface area contributed by atoms with Gasteiger partial charge in [-0.15, -0.1) is 0 Å². The maximum atomic E-state index is 10.3. The molecule has 2 atom stereocenters. The third-order valence-corrected chi connectivity index (χ3v) is 5.74. The smallest absolute Gasteiger partial charge is 0.122 e. The molecule has 23 heavy (non-hydrogen) atoms. The average molecular weight is 313 g/mol. The first-order chi connectivity index (χ1) is 11.1. The van der Waals surface area contributed by atoms with Crippen LogP contribution in [-0.2, 0) is 0 Å². The van der Waals surface area contributed by atoms with Crippen molar-refractivity contribution in [2.75, 3.05) is 29.4 Å². The van der Waals surface area contributed by atoms with E-state index in [4.69, 9.17) is 5.73 Å². The van der Waals surface area contributed by atoms with E-state index in [1.165, 1.54) is 36.2 Å². The third-order valence-electron chi connectivity index (χ3n) is 5.74. The molecule has 3 N–H and O–H groups in total. The fraction of sp³-hybridized carbons (Fsp3) is 0.579. The molecule has 0 amide bonds. The largest absolute Gasteiger partial charge is 0.508 e. The monoisotopic (exact) mass is 313 g/mol. The van der Waals surface area contributed by atoms with Crippen LogP contribution in [0.5, 0.6) is 0 Å². The zero-order chi connectivity index (χ0) is 16.1. The van der Waals surface area contributed by atoms with Crippen molar-refractivity contribution in [1.29, 1.82) is 0 Å². The predicted molar refractivity (Wildman–Crippen MR) is 96.1 cm³/mol. The first-order valence-corrected chi connectivity index (χ1v) is 8.86. The van der Waals surface area contributed by atoms with Crippen LogP contribution in [0.25, 0.3) is 5.76 Å². The highest BCUT2D eigenvalue weighted by Crippen LogP contribution is 2.43. The molecule has 0 spiro atoms. The molecule has 4 nitrogen and oxygen atoms in total. The van der Waals surface area contributed by atoms with E-state index >= 15 is 0 Å². The SMILES string of the molecule is Cc1c(N2CC[C@@H](C(C)N)C2)ccc2c1N(C1CC1)CC=C2O. The molecule has 1 aromatic rings. The van der Waals surface area contributed by atoms with Gasteiger partial charge in [0.25, 0.3) is 0 Å². The highest BCUT2D eigenvalue weighted by Gasteiger charge is 2.35. The van der Waals surface area contributed by atoms with Gasteiger partial charge in [0.15, 0.2) is 0 Å². The summed E-state index contributed by atoms with van der Waals surface area (Å²) in [5, 5.41) is 10.3. The van der Waals surface area contributed by atoms with Gasteiger partial charge in [-0.2, -0.15) is 0 Å². The number of rotatable bonds is 3. The highest BCUT2D eigenvalue weighted by molar-refractivity contribution is 5.83. The van der Waals surface area contributed by atoms with Crippen molar-refractivity contribution >= 4 is 17.1 Å². The molecule has 1 aromatic carbocycles. The Labute approximate surface area is 138 Å². The number of aliphatic hydroxyl groups excluding tert-OH is 1. The lowest BCUT2D eigenvalue weighted by molar-refractivity contribution is 0.488. The summed E-state index contributed by atoms with van der Waals surface area (Å²) in [4.78, 5) is 4.96. The molecular weight excluding hydrogens is 286 g/mol. The maximum absolute atomic E-state index is 10.3. The van der Waals surface area contributed by atoms with E-state index in [-0.39, 0.29) is 6.04 Å². The molecule has 4 heteroatoms. The molecule has 1 aliphatic carbocycles. The van der Waals surface area contributed by atoms with Crippen molar-refractivity contribution < 1.29 is 5.11 Å². The molecule has 4 rings (SSSR count). The Balaban J connectivity index is 1.70. The number of aliphatic hydroxyl groups is 1. The van der Waals surface area contributed by atoms with Gasteiger partial charge in [-0.25, -0.2) is 0 Å². The number of nitrogens with two attached hydrogens (primary N) is 1. The summed E-state index contributed by atoms with van der Waals surface area (Å²) >= 11 is 0. The number of hydrogen-bond acceptors (Lipinski definition) is 4. The number of anilines is 2. The van der Waals surface area contributed by atoms with Gasteiger partial charge in [0, 0.05) is 43.0 Å². The van der Waals surface area contributed by atoms with Gasteiger partial charge < -0.3 is 20.6 Å². The normalized spacial score (nSPS) is 25.3. The lowest BCUT2D eigenvalue weighted by Gasteiger charge is -2.33. The Morgan fingerprint density at radius 2 is 2.04 bits per heavy atom. The van der Waals surface area contributed by atoms with Crippen LogP contribution in [0, 0.1) is 12.8 Å². The van der Waals surface area contributed by atoms with Crippen molar-refractivity contribution in [3.05, 3.63) is 29.3 Å². The summed E-state index contributed by atoms with van der Waals surface area (Å²) in [6.45, 7) is 7.28. The summed E-state index contributed by atoms with van der Waals surface area (Å²) < 4.78 is 0. The van der Waals surface area contributed by atoms with Crippen LogP contribution in [0.2, 0.25) is 0 Å². The molecule has 0 bridgehead atoms. The van der Waals surface area contributed by atoms with E-state index < -0.39 is 0 Å². The summed E-state index contributed by atoms with van der Waals surface area (Å²) in [6, 6.07) is 5.19. The van der Waals surface area contributed by atoms with Gasteiger partial charge in [0.05, 0.1) is 5.69 Å². The van der Waals surface area contributed by atoms with Crippen LogP contribution >= 0.6 is 0 Å². The van der Waals surface area contributed by atoms with Gasteiger partial charge in [-0.3, -0.25) is 0 Å². The third kappa shape index (κ3) is 2.49. The fourth-order valence-electron chi connectivity index (χ4n) is 4.15. The van der Waals surface area contributed by atoms with Crippen molar-refractivity contribution in [2.45, 2.75) is 45.2 Å². The fourth-order valence-corrected chi connectivity index (χ4v) is 4.15. The number of hydrogen-bond donors (Lipinski definition) is 2. The molecule has 3 aliphatic rings. The van der Waals surface area contributed by atoms with Crippen molar-refractivity contribution in [2.24, 2.45) is 11.7 Å². The standard InChI is InChI=1S/C19H27N3O/c1-12-17(21-9-7-14(11-21)13(2)20)6-5-16-18(23)8-10-22(19(12)16)15-3-4-15/h5-6,8,13-15,23H,3-4,7,9-11,20H2,1-2H3/t13?,14-/m1/s1. The molecular formula is C19H27N3O. The van der Waals surface area contributed by atoms with Gasteiger partial charge >= 0.3 is 0 Å². The van der Waals surface area contributed by atoms with E-state index in [0.29, 0.717) is 17.7 Å². The number of benzene rings is 1. The highest BCUT2D eigenvalue weighted by atomic mass is 16.3. The Morgan fingerprint density at radius 3 is 2.70 bits per heavy atom. The zero-order valence-electron chi connectivity index (χ0n) is 14.1. The Bertz CT molecular complexity index is 648. The average Bonchev–Trinajstić information content (AvgIpc) is 3.24. The number of nitrogens with zero attached hydrogens (tertiary/aromatic N) is 2. The Kier molecular flexibility index (Phi) is 3.52. The first-order valence-electron chi connectivity index (χ1n) is 8.86. The Morgan fingerprint density at radius 1 is 1.26 bits per heavy atom. The van der Waals surface area contributed by atoms with Gasteiger partial charge in [0.1, 0.15) is 5.76 Å². The molecule has 2 aliphatic heterocycles. The minimum Gasteiger partial charge on any atom is -0.508 e. The first kappa shape index (κ1) is 14.9. The van der Waals surface area contributed by atoms with E-state index in [2.05, 4.69) is 35.8 Å². The van der Waals surface area contributed by atoms with Gasteiger partial charge in [-0.05, 0) is 62.8 Å². The predicted octanol–water partition coefficient (Wildman–Crippen LogP) is 3.05. The molecule has 1 unspecified atom stereocenters. The lowest BCUT2D eigenvalue weighted by atomic mass is 9.99. The maximum Gasteiger partial charge on any atom is 0.122 e.